The second-order valence-corrected chi connectivity index (χ2v) is 2.66. The van der Waals surface area contributed by atoms with Gasteiger partial charge in [0.25, 0.3) is 0 Å². The molecule has 0 saturated carbocycles. The number of rotatable bonds is 0. The largest absolute Gasteiger partial charge is 0.262 e. The highest BCUT2D eigenvalue weighted by Crippen LogP contribution is 2.16. The fourth-order valence-corrected chi connectivity index (χ4v) is 1.07. The summed E-state index contributed by atoms with van der Waals surface area (Å²) >= 11 is 0. The van der Waals surface area contributed by atoms with Crippen LogP contribution in [0.2, 0.25) is 0 Å². The molecule has 2 rings (SSSR count). The first-order valence-corrected chi connectivity index (χ1v) is 3.59. The molecule has 1 aliphatic carbocycles. The number of fused-ring (bicyclic) bond motifs is 1. The van der Waals surface area contributed by atoms with Gasteiger partial charge in [0.1, 0.15) is 6.04 Å². The summed E-state index contributed by atoms with van der Waals surface area (Å²) in [5, 5.41) is 7.70. The Morgan fingerprint density at radius 3 is 3.27 bits per heavy atom. The number of allylic oxidation sites excluding steroid dienone is 4. The van der Waals surface area contributed by atoms with Crippen LogP contribution in [0.1, 0.15) is 6.92 Å². The van der Waals surface area contributed by atoms with Gasteiger partial charge in [-0.15, -0.1) is 0 Å². The Morgan fingerprint density at radius 1 is 1.45 bits per heavy atom. The Hall–Kier alpha value is -1.38. The molecule has 0 aromatic heterocycles. The molecule has 1 heterocycles. The van der Waals surface area contributed by atoms with Crippen molar-refractivity contribution in [1.29, 1.82) is 0 Å². The second kappa shape index (κ2) is 2.34. The van der Waals surface area contributed by atoms with Crippen LogP contribution in [0, 0.1) is 0 Å². The molecule has 0 spiro atoms. The fraction of sp³-hybridized carbons (Fsp3) is 0.250. The first-order chi connectivity index (χ1) is 5.36. The van der Waals surface area contributed by atoms with Crippen molar-refractivity contribution in [3.63, 3.8) is 0 Å². The quantitative estimate of drug-likeness (QED) is 0.556. The topological polar surface area (TPSA) is 36.8 Å². The monoisotopic (exact) mass is 147 g/mol. The van der Waals surface area contributed by atoms with Gasteiger partial charge in [0, 0.05) is 0 Å². The summed E-state index contributed by atoms with van der Waals surface area (Å²) in [6.45, 7) is 2.06. The van der Waals surface area contributed by atoms with Gasteiger partial charge in [-0.05, 0) is 13.0 Å². The smallest absolute Gasteiger partial charge is 0.133 e. The Balaban J connectivity index is 2.35. The molecule has 56 valence electrons. The zero-order chi connectivity index (χ0) is 7.68. The standard InChI is InChI=1S/C8H9N3/c1-6-2-4-7-8(5-3-6)10-11-9-7/h2-5,7H,1H3,(H,9,10). The molecule has 3 heteroatoms. The molecule has 2 aliphatic rings. The average molecular weight is 147 g/mol. The molecule has 0 amide bonds. The van der Waals surface area contributed by atoms with Gasteiger partial charge in [0.2, 0.25) is 0 Å². The molecule has 0 aromatic carbocycles. The van der Waals surface area contributed by atoms with Crippen molar-refractivity contribution in [3.05, 3.63) is 35.6 Å². The summed E-state index contributed by atoms with van der Waals surface area (Å²) in [5.74, 6) is 0. The van der Waals surface area contributed by atoms with Crippen LogP contribution in [0.5, 0.6) is 0 Å². The Bertz CT molecular complexity index is 284. The zero-order valence-electron chi connectivity index (χ0n) is 6.28. The minimum absolute atomic E-state index is 0.115. The highest BCUT2D eigenvalue weighted by molar-refractivity contribution is 5.34. The molecule has 1 atom stereocenters. The van der Waals surface area contributed by atoms with E-state index in [-0.39, 0.29) is 6.04 Å². The summed E-state index contributed by atoms with van der Waals surface area (Å²) in [7, 11) is 0. The van der Waals surface area contributed by atoms with E-state index in [1.54, 1.807) is 0 Å². The van der Waals surface area contributed by atoms with Crippen molar-refractivity contribution >= 4 is 0 Å². The van der Waals surface area contributed by atoms with Crippen LogP contribution in [0.4, 0.5) is 0 Å². The van der Waals surface area contributed by atoms with E-state index in [0.29, 0.717) is 0 Å². The van der Waals surface area contributed by atoms with E-state index in [4.69, 9.17) is 0 Å². The molecule has 1 unspecified atom stereocenters. The molecule has 1 aliphatic heterocycles. The van der Waals surface area contributed by atoms with Crippen LogP contribution >= 0.6 is 0 Å². The SMILES string of the molecule is CC1=CC=C2NN=NC2C=C1. The summed E-state index contributed by atoms with van der Waals surface area (Å²) in [5.41, 5.74) is 5.14. The lowest BCUT2D eigenvalue weighted by molar-refractivity contribution is 0.908. The number of nitrogens with one attached hydrogen (secondary N) is 1. The molecular weight excluding hydrogens is 138 g/mol. The van der Waals surface area contributed by atoms with E-state index in [2.05, 4.69) is 34.8 Å². The van der Waals surface area contributed by atoms with Crippen LogP contribution < -0.4 is 5.43 Å². The van der Waals surface area contributed by atoms with Crippen molar-refractivity contribution in [2.75, 3.05) is 0 Å². The molecule has 0 aromatic rings. The van der Waals surface area contributed by atoms with Crippen LogP contribution in [0.3, 0.4) is 0 Å². The maximum atomic E-state index is 3.98. The summed E-state index contributed by atoms with van der Waals surface area (Å²) < 4.78 is 0. The van der Waals surface area contributed by atoms with Gasteiger partial charge >= 0.3 is 0 Å². The van der Waals surface area contributed by atoms with Gasteiger partial charge in [0.15, 0.2) is 0 Å². The predicted octanol–water partition coefficient (Wildman–Crippen LogP) is 1.73. The molecule has 1 N–H and O–H groups in total. The van der Waals surface area contributed by atoms with Crippen LogP contribution in [-0.2, 0) is 0 Å². The number of hydrogen-bond donors (Lipinski definition) is 1. The van der Waals surface area contributed by atoms with Crippen LogP contribution in [-0.4, -0.2) is 6.04 Å². The predicted molar refractivity (Wildman–Crippen MR) is 42.8 cm³/mol. The van der Waals surface area contributed by atoms with Gasteiger partial charge in [-0.1, -0.05) is 29.0 Å². The van der Waals surface area contributed by atoms with Gasteiger partial charge in [-0.3, -0.25) is 5.43 Å². The Labute approximate surface area is 65.2 Å². The molecule has 0 fully saturated rings. The Kier molecular flexibility index (Phi) is 1.35. The summed E-state index contributed by atoms with van der Waals surface area (Å²) in [6, 6.07) is 0.115. The fourth-order valence-electron chi connectivity index (χ4n) is 1.07. The third-order valence-electron chi connectivity index (χ3n) is 1.75. The average Bonchev–Trinajstić information content (AvgIpc) is 2.38. The van der Waals surface area contributed by atoms with E-state index in [1.165, 1.54) is 5.57 Å². The van der Waals surface area contributed by atoms with Gasteiger partial charge in [-0.2, -0.15) is 5.11 Å². The Morgan fingerprint density at radius 2 is 2.36 bits per heavy atom. The van der Waals surface area contributed by atoms with Gasteiger partial charge < -0.3 is 0 Å². The van der Waals surface area contributed by atoms with E-state index in [1.807, 2.05) is 12.2 Å². The lowest BCUT2D eigenvalue weighted by atomic mass is 10.2. The normalized spacial score (nSPS) is 26.8. The molecule has 3 nitrogen and oxygen atoms in total. The first-order valence-electron chi connectivity index (χ1n) is 3.59. The maximum absolute atomic E-state index is 3.98. The molecule has 0 bridgehead atoms. The van der Waals surface area contributed by atoms with Crippen molar-refractivity contribution in [1.82, 2.24) is 5.43 Å². The van der Waals surface area contributed by atoms with Gasteiger partial charge in [0.05, 0.1) is 5.70 Å². The minimum Gasteiger partial charge on any atom is -0.262 e. The lowest BCUT2D eigenvalue weighted by Gasteiger charge is -1.97. The van der Waals surface area contributed by atoms with E-state index >= 15 is 0 Å². The first kappa shape index (κ1) is 6.34. The van der Waals surface area contributed by atoms with Crippen molar-refractivity contribution in [2.24, 2.45) is 10.3 Å². The van der Waals surface area contributed by atoms with E-state index in [0.717, 1.165) is 5.70 Å². The third kappa shape index (κ3) is 1.09. The van der Waals surface area contributed by atoms with Crippen LogP contribution in [0.25, 0.3) is 0 Å². The van der Waals surface area contributed by atoms with E-state index in [9.17, 15) is 0 Å². The van der Waals surface area contributed by atoms with Crippen LogP contribution in [0.15, 0.2) is 45.9 Å². The molecular formula is C8H9N3. The summed E-state index contributed by atoms with van der Waals surface area (Å²) in [6.07, 6.45) is 8.16. The number of hydrogen-bond acceptors (Lipinski definition) is 3. The number of nitrogens with zero attached hydrogens (tertiary/aromatic N) is 2. The van der Waals surface area contributed by atoms with Crippen molar-refractivity contribution in [2.45, 2.75) is 13.0 Å². The molecule has 0 saturated heterocycles. The molecule has 11 heavy (non-hydrogen) atoms. The maximum Gasteiger partial charge on any atom is 0.133 e. The highest BCUT2D eigenvalue weighted by atomic mass is 15.5. The van der Waals surface area contributed by atoms with E-state index < -0.39 is 0 Å². The lowest BCUT2D eigenvalue weighted by Crippen LogP contribution is -2.07. The van der Waals surface area contributed by atoms with Crippen molar-refractivity contribution < 1.29 is 0 Å². The molecule has 0 radical (unpaired) electrons. The zero-order valence-corrected chi connectivity index (χ0v) is 6.28. The summed E-state index contributed by atoms with van der Waals surface area (Å²) in [4.78, 5) is 0. The van der Waals surface area contributed by atoms with Gasteiger partial charge in [-0.25, -0.2) is 0 Å². The van der Waals surface area contributed by atoms with Crippen molar-refractivity contribution in [3.8, 4) is 0 Å². The second-order valence-electron chi connectivity index (χ2n) is 2.66. The minimum atomic E-state index is 0.115. The highest BCUT2D eigenvalue weighted by Gasteiger charge is 2.15. The third-order valence-corrected chi connectivity index (χ3v) is 1.75.